The molecule has 1 unspecified atom stereocenters. The zero-order chi connectivity index (χ0) is 15.6. The van der Waals surface area contributed by atoms with Crippen molar-refractivity contribution in [2.75, 3.05) is 6.54 Å². The van der Waals surface area contributed by atoms with Gasteiger partial charge in [-0.2, -0.15) is 5.10 Å². The van der Waals surface area contributed by atoms with Gasteiger partial charge in [0, 0.05) is 17.8 Å². The molecule has 0 fully saturated rings. The number of hydrogen-bond donors (Lipinski definition) is 2. The largest absolute Gasteiger partial charge is 0.329 e. The van der Waals surface area contributed by atoms with E-state index in [0.29, 0.717) is 6.54 Å². The number of rotatable bonds is 4. The van der Waals surface area contributed by atoms with E-state index in [0.717, 1.165) is 27.5 Å². The number of nitrogens with one attached hydrogen (secondary N) is 1. The molecule has 2 aromatic heterocycles. The number of benzene rings is 2. The van der Waals surface area contributed by atoms with Crippen molar-refractivity contribution in [1.29, 1.82) is 0 Å². The van der Waals surface area contributed by atoms with Crippen molar-refractivity contribution in [3.05, 3.63) is 71.4 Å². The highest BCUT2D eigenvalue weighted by atomic mass is 32.1. The van der Waals surface area contributed by atoms with E-state index in [4.69, 9.17) is 10.7 Å². The molecule has 4 rings (SSSR count). The third-order valence-electron chi connectivity index (χ3n) is 3.89. The lowest BCUT2D eigenvalue weighted by Gasteiger charge is -2.08. The van der Waals surface area contributed by atoms with Crippen molar-refractivity contribution >= 4 is 21.6 Å². The fourth-order valence-electron chi connectivity index (χ4n) is 2.67. The lowest BCUT2D eigenvalue weighted by Crippen LogP contribution is -2.14. The summed E-state index contributed by atoms with van der Waals surface area (Å²) in [6, 6.07) is 20.4. The summed E-state index contributed by atoms with van der Waals surface area (Å²) in [6.45, 7) is 0.496. The van der Waals surface area contributed by atoms with Gasteiger partial charge in [-0.3, -0.25) is 5.10 Å². The van der Waals surface area contributed by atoms with E-state index < -0.39 is 0 Å². The van der Waals surface area contributed by atoms with Crippen molar-refractivity contribution in [2.24, 2.45) is 5.73 Å². The second-order valence-electron chi connectivity index (χ2n) is 5.38. The second-order valence-corrected chi connectivity index (χ2v) is 6.44. The summed E-state index contributed by atoms with van der Waals surface area (Å²) in [5.74, 6) is 0.0392. The first-order valence-corrected chi connectivity index (χ1v) is 8.33. The summed E-state index contributed by atoms with van der Waals surface area (Å²) in [5, 5.41) is 8.59. The van der Waals surface area contributed by atoms with Crippen molar-refractivity contribution in [3.63, 3.8) is 0 Å². The average Bonchev–Trinajstić information content (AvgIpc) is 3.23. The Morgan fingerprint density at radius 1 is 1.04 bits per heavy atom. The fourth-order valence-corrected chi connectivity index (χ4v) is 3.77. The third kappa shape index (κ3) is 2.65. The maximum Gasteiger partial charge on any atom is 0.104 e. The number of aromatic nitrogens is 3. The van der Waals surface area contributed by atoms with E-state index in [1.54, 1.807) is 11.3 Å². The highest BCUT2D eigenvalue weighted by molar-refractivity contribution is 7.18. The maximum absolute atomic E-state index is 6.03. The Morgan fingerprint density at radius 3 is 2.61 bits per heavy atom. The van der Waals surface area contributed by atoms with E-state index in [2.05, 4.69) is 34.5 Å². The number of nitrogens with zero attached hydrogens (tertiary/aromatic N) is 2. The second kappa shape index (κ2) is 5.95. The van der Waals surface area contributed by atoms with Crippen LogP contribution >= 0.6 is 11.3 Å². The van der Waals surface area contributed by atoms with Gasteiger partial charge in [-0.15, -0.1) is 11.3 Å². The first-order valence-electron chi connectivity index (χ1n) is 7.51. The normalized spacial score (nSPS) is 12.6. The molecule has 5 heteroatoms. The van der Waals surface area contributed by atoms with E-state index in [1.165, 1.54) is 4.70 Å². The number of hydrogen-bond acceptors (Lipinski definition) is 4. The Balaban J connectivity index is 1.71. The van der Waals surface area contributed by atoms with Gasteiger partial charge in [0.05, 0.1) is 21.8 Å². The third-order valence-corrected chi connectivity index (χ3v) is 5.04. The predicted molar refractivity (Wildman–Crippen MR) is 94.5 cm³/mol. The van der Waals surface area contributed by atoms with Crippen LogP contribution in [0.2, 0.25) is 0 Å². The van der Waals surface area contributed by atoms with Gasteiger partial charge in [0.25, 0.3) is 0 Å². The first-order chi connectivity index (χ1) is 11.3. The molecule has 0 spiro atoms. The zero-order valence-electron chi connectivity index (χ0n) is 12.4. The molecule has 4 aromatic rings. The van der Waals surface area contributed by atoms with Crippen LogP contribution in [0, 0.1) is 0 Å². The molecule has 23 heavy (non-hydrogen) atoms. The Morgan fingerprint density at radius 2 is 1.83 bits per heavy atom. The van der Waals surface area contributed by atoms with Gasteiger partial charge in [0.1, 0.15) is 5.01 Å². The van der Waals surface area contributed by atoms with Gasteiger partial charge in [0.15, 0.2) is 0 Å². The summed E-state index contributed by atoms with van der Waals surface area (Å²) in [5.41, 5.74) is 10.1. The SMILES string of the molecule is NCC(c1cc(-c2ccccc2)n[nH]1)c1nc2ccccc2s1. The number of nitrogens with two attached hydrogens (primary N) is 1. The lowest BCUT2D eigenvalue weighted by atomic mass is 10.1. The summed E-state index contributed by atoms with van der Waals surface area (Å²) in [6.07, 6.45) is 0. The van der Waals surface area contributed by atoms with Gasteiger partial charge in [-0.25, -0.2) is 4.98 Å². The zero-order valence-corrected chi connectivity index (χ0v) is 13.3. The van der Waals surface area contributed by atoms with Crippen LogP contribution in [0.3, 0.4) is 0 Å². The molecular formula is C18H16N4S. The molecule has 3 N–H and O–H groups in total. The highest BCUT2D eigenvalue weighted by Gasteiger charge is 2.19. The molecule has 0 saturated heterocycles. The minimum absolute atomic E-state index is 0.0392. The molecule has 1 atom stereocenters. The van der Waals surface area contributed by atoms with Crippen LogP contribution in [-0.4, -0.2) is 21.7 Å². The van der Waals surface area contributed by atoms with Crippen LogP contribution in [0.1, 0.15) is 16.6 Å². The monoisotopic (exact) mass is 320 g/mol. The number of thiazole rings is 1. The van der Waals surface area contributed by atoms with Gasteiger partial charge < -0.3 is 5.73 Å². The number of H-pyrrole nitrogens is 1. The van der Waals surface area contributed by atoms with E-state index >= 15 is 0 Å². The molecule has 0 aliphatic carbocycles. The van der Waals surface area contributed by atoms with Crippen LogP contribution in [0.4, 0.5) is 0 Å². The Hall–Kier alpha value is -2.50. The van der Waals surface area contributed by atoms with Crippen molar-refractivity contribution in [3.8, 4) is 11.3 Å². The van der Waals surface area contributed by atoms with Crippen molar-refractivity contribution in [2.45, 2.75) is 5.92 Å². The topological polar surface area (TPSA) is 67.6 Å². The van der Waals surface area contributed by atoms with Gasteiger partial charge in [-0.1, -0.05) is 42.5 Å². The molecular weight excluding hydrogens is 304 g/mol. The molecule has 2 aromatic carbocycles. The van der Waals surface area contributed by atoms with Gasteiger partial charge in [0.2, 0.25) is 0 Å². The van der Waals surface area contributed by atoms with Crippen LogP contribution in [0.15, 0.2) is 60.7 Å². The Kier molecular flexibility index (Phi) is 3.65. The highest BCUT2D eigenvalue weighted by Crippen LogP contribution is 2.31. The summed E-state index contributed by atoms with van der Waals surface area (Å²) < 4.78 is 1.18. The summed E-state index contributed by atoms with van der Waals surface area (Å²) in [4.78, 5) is 4.73. The predicted octanol–water partition coefficient (Wildman–Crippen LogP) is 3.78. The maximum atomic E-state index is 6.03. The average molecular weight is 320 g/mol. The Bertz CT molecular complexity index is 893. The van der Waals surface area contributed by atoms with Crippen molar-refractivity contribution in [1.82, 2.24) is 15.2 Å². The molecule has 4 nitrogen and oxygen atoms in total. The molecule has 114 valence electrons. The summed E-state index contributed by atoms with van der Waals surface area (Å²) >= 11 is 1.69. The number of para-hydroxylation sites is 1. The smallest absolute Gasteiger partial charge is 0.104 e. The minimum atomic E-state index is 0.0392. The Labute approximate surface area is 138 Å². The van der Waals surface area contributed by atoms with Crippen LogP contribution in [0.25, 0.3) is 21.5 Å². The molecule has 0 radical (unpaired) electrons. The van der Waals surface area contributed by atoms with Crippen molar-refractivity contribution < 1.29 is 0 Å². The standard InChI is InChI=1S/C18H16N4S/c19-11-13(18-20-14-8-4-5-9-17(14)23-18)16-10-15(21-22-16)12-6-2-1-3-7-12/h1-10,13H,11,19H2,(H,21,22). The molecule has 0 bridgehead atoms. The summed E-state index contributed by atoms with van der Waals surface area (Å²) in [7, 11) is 0. The van der Waals surface area contributed by atoms with E-state index in [-0.39, 0.29) is 5.92 Å². The number of fused-ring (bicyclic) bond motifs is 1. The molecule has 0 aliphatic heterocycles. The molecule has 0 aliphatic rings. The number of aromatic amines is 1. The van der Waals surface area contributed by atoms with E-state index in [1.807, 2.05) is 36.4 Å². The molecule has 0 amide bonds. The van der Waals surface area contributed by atoms with Gasteiger partial charge in [-0.05, 0) is 18.2 Å². The quantitative estimate of drug-likeness (QED) is 0.601. The lowest BCUT2D eigenvalue weighted by molar-refractivity contribution is 0.774. The minimum Gasteiger partial charge on any atom is -0.329 e. The fraction of sp³-hybridized carbons (Fsp3) is 0.111. The molecule has 2 heterocycles. The van der Waals surface area contributed by atoms with E-state index in [9.17, 15) is 0 Å². The van der Waals surface area contributed by atoms with Crippen LogP contribution in [-0.2, 0) is 0 Å². The van der Waals surface area contributed by atoms with Crippen LogP contribution < -0.4 is 5.73 Å². The first kappa shape index (κ1) is 14.1. The van der Waals surface area contributed by atoms with Gasteiger partial charge >= 0.3 is 0 Å². The van der Waals surface area contributed by atoms with Crippen LogP contribution in [0.5, 0.6) is 0 Å². The molecule has 0 saturated carbocycles.